The van der Waals surface area contributed by atoms with Gasteiger partial charge in [-0.1, -0.05) is 35.1 Å². The maximum Gasteiger partial charge on any atom is 0.260 e. The Morgan fingerprint density at radius 3 is 2.60 bits per heavy atom. The number of carbonyl (C=O) groups excluding carboxylic acids is 1. The maximum absolute atomic E-state index is 13.1. The molecule has 0 bridgehead atoms. The largest absolute Gasteiger partial charge is 0.338 e. The molecule has 0 aliphatic carbocycles. The van der Waals surface area contributed by atoms with E-state index in [0.717, 1.165) is 27.5 Å². The van der Waals surface area contributed by atoms with Crippen molar-refractivity contribution in [3.8, 4) is 0 Å². The molecule has 0 radical (unpaired) electrons. The molecule has 1 amide bonds. The monoisotopic (exact) mass is 354 g/mol. The van der Waals surface area contributed by atoms with Crippen LogP contribution in [0.2, 0.25) is 0 Å². The standard InChI is InChI=1S/C20H23N3OS/c1-14-6-5-7-16(12-14)19(24)23(11-10-22(3)4)20-21-17-9-8-15(2)13-18(17)25-20/h5-9,12-13H,10-11H2,1-4H3/p+1. The molecule has 1 N–H and O–H groups in total. The van der Waals surface area contributed by atoms with Crippen LogP contribution in [0.25, 0.3) is 10.2 Å². The van der Waals surface area contributed by atoms with Gasteiger partial charge in [0.05, 0.1) is 37.4 Å². The smallest absolute Gasteiger partial charge is 0.260 e. The lowest BCUT2D eigenvalue weighted by molar-refractivity contribution is -0.856. The normalized spacial score (nSPS) is 11.2. The van der Waals surface area contributed by atoms with Crippen LogP contribution >= 0.6 is 11.3 Å². The molecule has 4 nitrogen and oxygen atoms in total. The Morgan fingerprint density at radius 1 is 1.12 bits per heavy atom. The van der Waals surface area contributed by atoms with E-state index in [4.69, 9.17) is 4.98 Å². The molecule has 0 saturated heterocycles. The summed E-state index contributed by atoms with van der Waals surface area (Å²) in [4.78, 5) is 21.0. The van der Waals surface area contributed by atoms with E-state index in [1.165, 1.54) is 10.5 Å². The molecule has 2 aromatic carbocycles. The number of carbonyl (C=O) groups is 1. The number of quaternary nitrogens is 1. The lowest BCUT2D eigenvalue weighted by Gasteiger charge is -2.21. The van der Waals surface area contributed by atoms with Crippen LogP contribution in [-0.4, -0.2) is 38.1 Å². The van der Waals surface area contributed by atoms with Crippen LogP contribution < -0.4 is 9.80 Å². The first-order valence-corrected chi connectivity index (χ1v) is 9.30. The van der Waals surface area contributed by atoms with E-state index in [2.05, 4.69) is 33.2 Å². The van der Waals surface area contributed by atoms with Crippen molar-refractivity contribution in [1.29, 1.82) is 0 Å². The second-order valence-electron chi connectivity index (χ2n) is 6.75. The van der Waals surface area contributed by atoms with Gasteiger partial charge in [0.15, 0.2) is 5.13 Å². The summed E-state index contributed by atoms with van der Waals surface area (Å²) in [5, 5.41) is 0.772. The Morgan fingerprint density at radius 2 is 1.88 bits per heavy atom. The number of rotatable bonds is 5. The van der Waals surface area contributed by atoms with E-state index in [1.807, 2.05) is 42.2 Å². The molecule has 1 heterocycles. The number of anilines is 1. The molecule has 0 spiro atoms. The van der Waals surface area contributed by atoms with E-state index in [0.29, 0.717) is 12.1 Å². The van der Waals surface area contributed by atoms with E-state index in [-0.39, 0.29) is 5.91 Å². The molecule has 0 aliphatic heterocycles. The van der Waals surface area contributed by atoms with Crippen LogP contribution in [0.4, 0.5) is 5.13 Å². The topological polar surface area (TPSA) is 37.6 Å². The second-order valence-corrected chi connectivity index (χ2v) is 7.76. The van der Waals surface area contributed by atoms with Crippen LogP contribution in [0.1, 0.15) is 21.5 Å². The van der Waals surface area contributed by atoms with Gasteiger partial charge in [0.25, 0.3) is 5.91 Å². The third-order valence-electron chi connectivity index (χ3n) is 4.11. The molecule has 1 aromatic heterocycles. The summed E-state index contributed by atoms with van der Waals surface area (Å²) >= 11 is 1.58. The lowest BCUT2D eigenvalue weighted by atomic mass is 10.1. The first kappa shape index (κ1) is 17.6. The fourth-order valence-electron chi connectivity index (χ4n) is 2.69. The molecule has 0 saturated carbocycles. The number of aromatic nitrogens is 1. The Kier molecular flexibility index (Phi) is 5.16. The SMILES string of the molecule is Cc1cccc(C(=O)N(CC[NH+](C)C)c2nc3ccc(C)cc3s2)c1. The predicted molar refractivity (Wildman–Crippen MR) is 105 cm³/mol. The Bertz CT molecular complexity index is 901. The molecule has 0 fully saturated rings. The van der Waals surface area contributed by atoms with Gasteiger partial charge >= 0.3 is 0 Å². The van der Waals surface area contributed by atoms with Gasteiger partial charge in [-0.15, -0.1) is 0 Å². The summed E-state index contributed by atoms with van der Waals surface area (Å²) in [6.45, 7) is 5.59. The minimum Gasteiger partial charge on any atom is -0.338 e. The predicted octanol–water partition coefficient (Wildman–Crippen LogP) is 2.70. The molecule has 25 heavy (non-hydrogen) atoms. The minimum absolute atomic E-state index is 0.0146. The summed E-state index contributed by atoms with van der Waals surface area (Å²) < 4.78 is 1.12. The summed E-state index contributed by atoms with van der Waals surface area (Å²) in [6, 6.07) is 14.0. The molecule has 0 unspecified atom stereocenters. The highest BCUT2D eigenvalue weighted by molar-refractivity contribution is 7.22. The van der Waals surface area contributed by atoms with Crippen LogP contribution in [-0.2, 0) is 0 Å². The molecule has 0 aliphatic rings. The van der Waals surface area contributed by atoms with Crippen molar-refractivity contribution in [2.75, 3.05) is 32.1 Å². The minimum atomic E-state index is 0.0146. The quantitative estimate of drug-likeness (QED) is 0.765. The number of amides is 1. The van der Waals surface area contributed by atoms with Gasteiger partial charge in [-0.25, -0.2) is 4.98 Å². The number of benzene rings is 2. The number of fused-ring (bicyclic) bond motifs is 1. The third-order valence-corrected chi connectivity index (χ3v) is 5.15. The molecule has 0 atom stereocenters. The highest BCUT2D eigenvalue weighted by atomic mass is 32.1. The van der Waals surface area contributed by atoms with Crippen molar-refractivity contribution in [1.82, 2.24) is 4.98 Å². The van der Waals surface area contributed by atoms with E-state index < -0.39 is 0 Å². The lowest BCUT2D eigenvalue weighted by Crippen LogP contribution is -3.06. The summed E-state index contributed by atoms with van der Waals surface area (Å²) in [5.74, 6) is 0.0146. The third kappa shape index (κ3) is 4.06. The van der Waals surface area contributed by atoms with Crippen molar-refractivity contribution in [3.63, 3.8) is 0 Å². The van der Waals surface area contributed by atoms with Crippen LogP contribution in [0.5, 0.6) is 0 Å². The van der Waals surface area contributed by atoms with Gasteiger partial charge in [0.1, 0.15) is 0 Å². The number of nitrogens with one attached hydrogen (secondary N) is 1. The Labute approximate surface area is 152 Å². The van der Waals surface area contributed by atoms with Gasteiger partial charge in [0.2, 0.25) is 0 Å². The van der Waals surface area contributed by atoms with Crippen LogP contribution in [0, 0.1) is 13.8 Å². The zero-order valence-electron chi connectivity index (χ0n) is 15.2. The molecule has 5 heteroatoms. The van der Waals surface area contributed by atoms with Crippen molar-refractivity contribution in [2.45, 2.75) is 13.8 Å². The summed E-state index contributed by atoms with van der Waals surface area (Å²) in [7, 11) is 4.19. The zero-order valence-corrected chi connectivity index (χ0v) is 16.0. The molecule has 130 valence electrons. The van der Waals surface area contributed by atoms with Gasteiger partial charge in [0, 0.05) is 5.56 Å². The van der Waals surface area contributed by atoms with E-state index in [1.54, 1.807) is 11.3 Å². The van der Waals surface area contributed by atoms with Crippen LogP contribution in [0.15, 0.2) is 42.5 Å². The number of hydrogen-bond donors (Lipinski definition) is 1. The summed E-state index contributed by atoms with van der Waals surface area (Å²) in [6.07, 6.45) is 0. The fourth-order valence-corrected chi connectivity index (χ4v) is 3.78. The summed E-state index contributed by atoms with van der Waals surface area (Å²) in [5.41, 5.74) is 3.95. The van der Waals surface area contributed by atoms with Crippen molar-refractivity contribution < 1.29 is 9.69 Å². The Hall–Kier alpha value is -2.24. The second kappa shape index (κ2) is 7.33. The van der Waals surface area contributed by atoms with Gasteiger partial charge in [-0.2, -0.15) is 0 Å². The highest BCUT2D eigenvalue weighted by Crippen LogP contribution is 2.30. The van der Waals surface area contributed by atoms with E-state index in [9.17, 15) is 4.79 Å². The number of aryl methyl sites for hydroxylation is 2. The number of likely N-dealkylation sites (N-methyl/N-ethyl adjacent to an activating group) is 1. The fraction of sp³-hybridized carbons (Fsp3) is 0.300. The van der Waals surface area contributed by atoms with Crippen LogP contribution in [0.3, 0.4) is 0 Å². The number of hydrogen-bond acceptors (Lipinski definition) is 3. The molecular weight excluding hydrogens is 330 g/mol. The van der Waals surface area contributed by atoms with E-state index >= 15 is 0 Å². The highest BCUT2D eigenvalue weighted by Gasteiger charge is 2.22. The number of nitrogens with zero attached hydrogens (tertiary/aromatic N) is 2. The molecule has 3 rings (SSSR count). The van der Waals surface area contributed by atoms with Crippen molar-refractivity contribution in [3.05, 3.63) is 59.2 Å². The average Bonchev–Trinajstić information content (AvgIpc) is 2.97. The first-order valence-electron chi connectivity index (χ1n) is 8.49. The van der Waals surface area contributed by atoms with Gasteiger partial charge < -0.3 is 4.90 Å². The molecular formula is C20H24N3OS+. The maximum atomic E-state index is 13.1. The van der Waals surface area contributed by atoms with Gasteiger partial charge in [-0.3, -0.25) is 9.69 Å². The van der Waals surface area contributed by atoms with Crippen molar-refractivity contribution >= 4 is 32.6 Å². The number of thiazole rings is 1. The average molecular weight is 354 g/mol. The zero-order chi connectivity index (χ0) is 18.0. The van der Waals surface area contributed by atoms with Gasteiger partial charge in [-0.05, 0) is 43.7 Å². The Balaban J connectivity index is 1.99. The first-order chi connectivity index (χ1) is 11.9. The van der Waals surface area contributed by atoms with Crippen molar-refractivity contribution in [2.24, 2.45) is 0 Å². The molecule has 3 aromatic rings.